The molecule has 1 saturated heterocycles. The highest BCUT2D eigenvalue weighted by Gasteiger charge is 2.33. The Kier molecular flexibility index (Phi) is 4.86. The van der Waals surface area contributed by atoms with E-state index in [4.69, 9.17) is 4.42 Å². The molecule has 2 amide bonds. The molecule has 2 aromatic carbocycles. The summed E-state index contributed by atoms with van der Waals surface area (Å²) in [5.41, 5.74) is 2.87. The van der Waals surface area contributed by atoms with Gasteiger partial charge in [-0.1, -0.05) is 44.2 Å². The second-order valence-electron chi connectivity index (χ2n) is 7.38. The third-order valence-corrected chi connectivity index (χ3v) is 5.01. The average Bonchev–Trinajstić information content (AvgIpc) is 3.13. The highest BCUT2D eigenvalue weighted by Crippen LogP contribution is 2.23. The van der Waals surface area contributed by atoms with Crippen LogP contribution in [0.2, 0.25) is 0 Å². The normalized spacial score (nSPS) is 17.2. The van der Waals surface area contributed by atoms with Crippen molar-refractivity contribution < 1.29 is 14.0 Å². The number of oxazole rings is 1. The van der Waals surface area contributed by atoms with Gasteiger partial charge in [0.15, 0.2) is 11.5 Å². The zero-order valence-corrected chi connectivity index (χ0v) is 16.0. The molecule has 4 rings (SSSR count). The van der Waals surface area contributed by atoms with Gasteiger partial charge in [0.1, 0.15) is 11.6 Å². The lowest BCUT2D eigenvalue weighted by Crippen LogP contribution is -2.58. The van der Waals surface area contributed by atoms with Crippen LogP contribution < -0.4 is 5.32 Å². The molecule has 0 aliphatic carbocycles. The fourth-order valence-corrected chi connectivity index (χ4v) is 3.49. The molecule has 3 aromatic rings. The number of rotatable bonds is 4. The Morgan fingerprint density at radius 3 is 2.79 bits per heavy atom. The minimum Gasteiger partial charge on any atom is -0.440 e. The fourth-order valence-electron chi connectivity index (χ4n) is 3.49. The molecule has 1 aliphatic rings. The molecule has 28 heavy (non-hydrogen) atoms. The van der Waals surface area contributed by atoms with Crippen molar-refractivity contribution >= 4 is 22.9 Å². The van der Waals surface area contributed by atoms with E-state index in [-0.39, 0.29) is 17.7 Å². The monoisotopic (exact) mass is 377 g/mol. The van der Waals surface area contributed by atoms with Gasteiger partial charge in [0.05, 0.1) is 0 Å². The van der Waals surface area contributed by atoms with E-state index in [1.165, 1.54) is 0 Å². The number of nitrogens with zero attached hydrogens (tertiary/aromatic N) is 2. The highest BCUT2D eigenvalue weighted by atomic mass is 16.3. The van der Waals surface area contributed by atoms with Gasteiger partial charge in [-0.3, -0.25) is 9.59 Å². The maximum Gasteiger partial charge on any atom is 0.254 e. The molecular weight excluding hydrogens is 354 g/mol. The van der Waals surface area contributed by atoms with Crippen LogP contribution in [0.3, 0.4) is 0 Å². The van der Waals surface area contributed by atoms with Gasteiger partial charge in [0, 0.05) is 31.0 Å². The number of amides is 2. The van der Waals surface area contributed by atoms with Crippen molar-refractivity contribution in [3.8, 4) is 0 Å². The van der Waals surface area contributed by atoms with Gasteiger partial charge >= 0.3 is 0 Å². The Balaban J connectivity index is 1.62. The Morgan fingerprint density at radius 2 is 2.04 bits per heavy atom. The number of piperazine rings is 1. The first-order valence-corrected chi connectivity index (χ1v) is 9.56. The Morgan fingerprint density at radius 1 is 1.25 bits per heavy atom. The van der Waals surface area contributed by atoms with E-state index in [0.29, 0.717) is 42.1 Å². The van der Waals surface area contributed by atoms with E-state index in [1.807, 2.05) is 44.2 Å². The largest absolute Gasteiger partial charge is 0.440 e. The smallest absolute Gasteiger partial charge is 0.254 e. The van der Waals surface area contributed by atoms with Gasteiger partial charge in [-0.2, -0.15) is 0 Å². The molecule has 144 valence electrons. The third kappa shape index (κ3) is 3.50. The van der Waals surface area contributed by atoms with Crippen molar-refractivity contribution in [2.75, 3.05) is 13.1 Å². The molecule has 1 unspecified atom stereocenters. The number of hydrogen-bond donors (Lipinski definition) is 1. The summed E-state index contributed by atoms with van der Waals surface area (Å²) in [6, 6.07) is 14.5. The lowest BCUT2D eigenvalue weighted by molar-refractivity contribution is -0.127. The van der Waals surface area contributed by atoms with Crippen molar-refractivity contribution in [1.29, 1.82) is 0 Å². The summed E-state index contributed by atoms with van der Waals surface area (Å²) in [7, 11) is 0. The summed E-state index contributed by atoms with van der Waals surface area (Å²) in [4.78, 5) is 31.9. The number of benzene rings is 2. The van der Waals surface area contributed by atoms with Gasteiger partial charge in [-0.25, -0.2) is 4.98 Å². The van der Waals surface area contributed by atoms with Crippen LogP contribution in [0.25, 0.3) is 11.1 Å². The summed E-state index contributed by atoms with van der Waals surface area (Å²) in [6.07, 6.45) is 0.488. The lowest BCUT2D eigenvalue weighted by atomic mass is 10.0. The van der Waals surface area contributed by atoms with Crippen LogP contribution in [0.1, 0.15) is 41.6 Å². The summed E-state index contributed by atoms with van der Waals surface area (Å²) in [5, 5.41) is 2.87. The predicted molar refractivity (Wildman–Crippen MR) is 106 cm³/mol. The van der Waals surface area contributed by atoms with Crippen molar-refractivity contribution in [1.82, 2.24) is 15.2 Å². The van der Waals surface area contributed by atoms with E-state index in [1.54, 1.807) is 23.1 Å². The second kappa shape index (κ2) is 7.46. The van der Waals surface area contributed by atoms with Crippen molar-refractivity contribution in [3.05, 3.63) is 65.5 Å². The SMILES string of the molecule is CC(C)c1nc2cc(C(=O)N3CCNC(=O)C3Cc3ccccc3)ccc2o1. The standard InChI is InChI=1S/C22H23N3O3/c1-14(2)21-24-17-13-16(8-9-19(17)28-21)22(27)25-11-10-23-20(26)18(25)12-15-6-4-3-5-7-15/h3-9,13-14,18H,10-12H2,1-2H3,(H,23,26). The molecule has 6 heteroatoms. The number of aromatic nitrogens is 1. The number of fused-ring (bicyclic) bond motifs is 1. The average molecular weight is 377 g/mol. The maximum atomic E-state index is 13.2. The first kappa shape index (κ1) is 18.2. The molecule has 1 atom stereocenters. The van der Waals surface area contributed by atoms with Crippen LogP contribution in [-0.4, -0.2) is 40.8 Å². The van der Waals surface area contributed by atoms with E-state index in [0.717, 1.165) is 5.56 Å². The molecule has 2 heterocycles. The van der Waals surface area contributed by atoms with Crippen molar-refractivity contribution in [2.24, 2.45) is 0 Å². The van der Waals surface area contributed by atoms with Gasteiger partial charge in [0.25, 0.3) is 5.91 Å². The van der Waals surface area contributed by atoms with Crippen molar-refractivity contribution in [2.45, 2.75) is 32.2 Å². The number of nitrogens with one attached hydrogen (secondary N) is 1. The van der Waals surface area contributed by atoms with Crippen LogP contribution in [0, 0.1) is 0 Å². The van der Waals surface area contributed by atoms with E-state index < -0.39 is 6.04 Å². The maximum absolute atomic E-state index is 13.2. The van der Waals surface area contributed by atoms with Crippen LogP contribution >= 0.6 is 0 Å². The summed E-state index contributed by atoms with van der Waals surface area (Å²) in [5.74, 6) is 0.548. The van der Waals surface area contributed by atoms with Crippen LogP contribution in [0.15, 0.2) is 52.9 Å². The summed E-state index contributed by atoms with van der Waals surface area (Å²) < 4.78 is 5.73. The number of hydrogen-bond acceptors (Lipinski definition) is 4. The lowest BCUT2D eigenvalue weighted by Gasteiger charge is -2.35. The van der Waals surface area contributed by atoms with Crippen LogP contribution in [0.5, 0.6) is 0 Å². The fraction of sp³-hybridized carbons (Fsp3) is 0.318. The van der Waals surface area contributed by atoms with E-state index in [2.05, 4.69) is 10.3 Å². The molecule has 0 saturated carbocycles. The highest BCUT2D eigenvalue weighted by molar-refractivity contribution is 6.00. The Bertz CT molecular complexity index is 1010. The first-order valence-electron chi connectivity index (χ1n) is 9.56. The topological polar surface area (TPSA) is 75.4 Å². The molecule has 1 N–H and O–H groups in total. The Hall–Kier alpha value is -3.15. The van der Waals surface area contributed by atoms with E-state index >= 15 is 0 Å². The molecule has 0 bridgehead atoms. The second-order valence-corrected chi connectivity index (χ2v) is 7.38. The summed E-state index contributed by atoms with van der Waals surface area (Å²) >= 11 is 0. The first-order chi connectivity index (χ1) is 13.5. The van der Waals surface area contributed by atoms with Crippen molar-refractivity contribution in [3.63, 3.8) is 0 Å². The molecular formula is C22H23N3O3. The zero-order valence-electron chi connectivity index (χ0n) is 16.0. The quantitative estimate of drug-likeness (QED) is 0.758. The van der Waals surface area contributed by atoms with Crippen LogP contribution in [-0.2, 0) is 11.2 Å². The molecule has 6 nitrogen and oxygen atoms in total. The van der Waals surface area contributed by atoms with Gasteiger partial charge in [-0.15, -0.1) is 0 Å². The molecule has 0 radical (unpaired) electrons. The zero-order chi connectivity index (χ0) is 19.7. The molecule has 1 aromatic heterocycles. The number of carbonyl (C=O) groups excluding carboxylic acids is 2. The third-order valence-electron chi connectivity index (χ3n) is 5.01. The van der Waals surface area contributed by atoms with E-state index in [9.17, 15) is 9.59 Å². The summed E-state index contributed by atoms with van der Waals surface area (Å²) in [6.45, 7) is 4.96. The number of carbonyl (C=O) groups is 2. The van der Waals surface area contributed by atoms with Gasteiger partial charge in [-0.05, 0) is 23.8 Å². The molecule has 1 aliphatic heterocycles. The van der Waals surface area contributed by atoms with Crippen LogP contribution in [0.4, 0.5) is 0 Å². The van der Waals surface area contributed by atoms with Gasteiger partial charge in [0.2, 0.25) is 5.91 Å². The van der Waals surface area contributed by atoms with Gasteiger partial charge < -0.3 is 14.6 Å². The predicted octanol–water partition coefficient (Wildman–Crippen LogP) is 3.13. The minimum absolute atomic E-state index is 0.118. The molecule has 1 fully saturated rings. The molecule has 0 spiro atoms. The Labute approximate surface area is 163 Å². The minimum atomic E-state index is -0.525.